The van der Waals surface area contributed by atoms with Gasteiger partial charge < -0.3 is 9.47 Å². The minimum absolute atomic E-state index is 0.288. The summed E-state index contributed by atoms with van der Waals surface area (Å²) in [6, 6.07) is 0. The molecule has 0 N–H and O–H groups in total. The van der Waals surface area contributed by atoms with E-state index in [9.17, 15) is 4.79 Å². The average molecular weight is 235 g/mol. The third-order valence-corrected chi connectivity index (χ3v) is 3.56. The molecule has 0 bridgehead atoms. The second kappa shape index (κ2) is 4.90. The van der Waals surface area contributed by atoms with Crippen LogP contribution in [0.4, 0.5) is 0 Å². The molecular formula is C13H21N3O. The number of imidazole rings is 1. The van der Waals surface area contributed by atoms with Crippen molar-refractivity contribution in [2.24, 2.45) is 5.92 Å². The quantitative estimate of drug-likeness (QED) is 0.801. The summed E-state index contributed by atoms with van der Waals surface area (Å²) in [6.45, 7) is 7.76. The second-order valence-electron chi connectivity index (χ2n) is 4.99. The maximum atomic E-state index is 11.9. The first-order chi connectivity index (χ1) is 8.11. The van der Waals surface area contributed by atoms with Gasteiger partial charge in [0.05, 0.1) is 6.67 Å². The van der Waals surface area contributed by atoms with E-state index in [0.717, 1.165) is 37.3 Å². The van der Waals surface area contributed by atoms with Crippen molar-refractivity contribution >= 4 is 5.91 Å². The number of hydrogen-bond donors (Lipinski definition) is 0. The first-order valence-electron chi connectivity index (χ1n) is 6.38. The maximum Gasteiger partial charge on any atom is 0.224 e. The van der Waals surface area contributed by atoms with Crippen molar-refractivity contribution in [3.63, 3.8) is 0 Å². The fourth-order valence-electron chi connectivity index (χ4n) is 2.56. The van der Waals surface area contributed by atoms with E-state index in [2.05, 4.69) is 16.5 Å². The second-order valence-corrected chi connectivity index (χ2v) is 4.99. The number of amides is 1. The Morgan fingerprint density at radius 1 is 1.47 bits per heavy atom. The van der Waals surface area contributed by atoms with E-state index in [1.54, 1.807) is 0 Å². The lowest BCUT2D eigenvalue weighted by molar-refractivity contribution is -0.129. The summed E-state index contributed by atoms with van der Waals surface area (Å²) in [5.74, 6) is 1.82. The SMILES string of the molecule is CCCC1CC(=O)N(Cn2c(C)cnc2C)C1. The van der Waals surface area contributed by atoms with Crippen LogP contribution in [-0.2, 0) is 11.5 Å². The fourth-order valence-corrected chi connectivity index (χ4v) is 2.56. The van der Waals surface area contributed by atoms with Gasteiger partial charge in [0.1, 0.15) is 5.82 Å². The van der Waals surface area contributed by atoms with Crippen molar-refractivity contribution in [3.8, 4) is 0 Å². The highest BCUT2D eigenvalue weighted by molar-refractivity contribution is 5.78. The van der Waals surface area contributed by atoms with Gasteiger partial charge in [0.2, 0.25) is 5.91 Å². The molecule has 1 saturated heterocycles. The van der Waals surface area contributed by atoms with Crippen LogP contribution in [0.1, 0.15) is 37.7 Å². The molecule has 4 nitrogen and oxygen atoms in total. The van der Waals surface area contributed by atoms with Crippen molar-refractivity contribution in [2.45, 2.75) is 46.7 Å². The molecule has 0 aliphatic carbocycles. The monoisotopic (exact) mass is 235 g/mol. The normalized spacial score (nSPS) is 20.3. The van der Waals surface area contributed by atoms with Crippen LogP contribution in [0.5, 0.6) is 0 Å². The summed E-state index contributed by atoms with van der Waals surface area (Å²) in [5, 5.41) is 0. The molecule has 0 aromatic carbocycles. The molecule has 2 rings (SSSR count). The van der Waals surface area contributed by atoms with Crippen LogP contribution in [0.2, 0.25) is 0 Å². The predicted octanol–water partition coefficient (Wildman–Crippen LogP) is 2.11. The minimum atomic E-state index is 0.288. The van der Waals surface area contributed by atoms with Gasteiger partial charge in [-0.15, -0.1) is 0 Å². The summed E-state index contributed by atoms with van der Waals surface area (Å²) in [5.41, 5.74) is 1.12. The molecule has 1 fully saturated rings. The summed E-state index contributed by atoms with van der Waals surface area (Å²) in [6.07, 6.45) is 4.90. The van der Waals surface area contributed by atoms with Crippen LogP contribution in [0, 0.1) is 19.8 Å². The molecule has 1 aromatic heterocycles. The van der Waals surface area contributed by atoms with Crippen molar-refractivity contribution in [1.82, 2.24) is 14.5 Å². The molecule has 1 aromatic rings. The minimum Gasteiger partial charge on any atom is -0.324 e. The predicted molar refractivity (Wildman–Crippen MR) is 66.4 cm³/mol. The van der Waals surface area contributed by atoms with Gasteiger partial charge in [-0.3, -0.25) is 4.79 Å². The fraction of sp³-hybridized carbons (Fsp3) is 0.692. The Balaban J connectivity index is 2.03. The zero-order valence-electron chi connectivity index (χ0n) is 10.9. The Hall–Kier alpha value is -1.32. The van der Waals surface area contributed by atoms with Crippen molar-refractivity contribution < 1.29 is 4.79 Å². The highest BCUT2D eigenvalue weighted by atomic mass is 16.2. The molecule has 0 saturated carbocycles. The smallest absolute Gasteiger partial charge is 0.224 e. The van der Waals surface area contributed by atoms with Crippen LogP contribution in [-0.4, -0.2) is 26.9 Å². The maximum absolute atomic E-state index is 11.9. The highest BCUT2D eigenvalue weighted by Gasteiger charge is 2.29. The molecule has 1 aliphatic heterocycles. The van der Waals surface area contributed by atoms with Crippen molar-refractivity contribution in [2.75, 3.05) is 6.54 Å². The summed E-state index contributed by atoms with van der Waals surface area (Å²) >= 11 is 0. The Bertz CT molecular complexity index is 391. The number of hydrogen-bond acceptors (Lipinski definition) is 2. The average Bonchev–Trinajstić information content (AvgIpc) is 2.77. The van der Waals surface area contributed by atoms with Gasteiger partial charge in [0.25, 0.3) is 0 Å². The molecule has 1 unspecified atom stereocenters. The third-order valence-electron chi connectivity index (χ3n) is 3.56. The zero-order chi connectivity index (χ0) is 12.4. The van der Waals surface area contributed by atoms with Crippen LogP contribution < -0.4 is 0 Å². The van der Waals surface area contributed by atoms with E-state index in [1.165, 1.54) is 0 Å². The molecule has 94 valence electrons. The van der Waals surface area contributed by atoms with E-state index >= 15 is 0 Å². The molecule has 17 heavy (non-hydrogen) atoms. The Kier molecular flexibility index (Phi) is 3.50. The first kappa shape index (κ1) is 12.1. The number of nitrogens with zero attached hydrogens (tertiary/aromatic N) is 3. The van der Waals surface area contributed by atoms with Gasteiger partial charge in [-0.25, -0.2) is 4.98 Å². The van der Waals surface area contributed by atoms with Crippen LogP contribution in [0.3, 0.4) is 0 Å². The number of rotatable bonds is 4. The van der Waals surface area contributed by atoms with E-state index in [4.69, 9.17) is 0 Å². The Morgan fingerprint density at radius 3 is 2.82 bits per heavy atom. The van der Waals surface area contributed by atoms with E-state index < -0.39 is 0 Å². The first-order valence-corrected chi connectivity index (χ1v) is 6.38. The van der Waals surface area contributed by atoms with Gasteiger partial charge in [0.15, 0.2) is 0 Å². The van der Waals surface area contributed by atoms with Gasteiger partial charge in [0, 0.05) is 24.9 Å². The molecule has 1 aliphatic rings. The lowest BCUT2D eigenvalue weighted by Crippen LogP contribution is -2.28. The van der Waals surface area contributed by atoms with E-state index in [-0.39, 0.29) is 5.91 Å². The molecular weight excluding hydrogens is 214 g/mol. The summed E-state index contributed by atoms with van der Waals surface area (Å²) in [4.78, 5) is 18.1. The number of carbonyl (C=O) groups is 1. The van der Waals surface area contributed by atoms with E-state index in [1.807, 2.05) is 24.9 Å². The summed E-state index contributed by atoms with van der Waals surface area (Å²) < 4.78 is 2.10. The topological polar surface area (TPSA) is 38.1 Å². The summed E-state index contributed by atoms with van der Waals surface area (Å²) in [7, 11) is 0. The van der Waals surface area contributed by atoms with Gasteiger partial charge in [-0.05, 0) is 26.2 Å². The Morgan fingerprint density at radius 2 is 2.24 bits per heavy atom. The highest BCUT2D eigenvalue weighted by Crippen LogP contribution is 2.23. The molecule has 4 heteroatoms. The van der Waals surface area contributed by atoms with Gasteiger partial charge >= 0.3 is 0 Å². The number of carbonyl (C=O) groups excluding carboxylic acids is 1. The van der Waals surface area contributed by atoms with Crippen molar-refractivity contribution in [1.29, 1.82) is 0 Å². The molecule has 1 amide bonds. The molecule has 0 radical (unpaired) electrons. The zero-order valence-corrected chi connectivity index (χ0v) is 10.9. The number of likely N-dealkylation sites (tertiary alicyclic amines) is 1. The van der Waals surface area contributed by atoms with Crippen LogP contribution >= 0.6 is 0 Å². The molecule has 1 atom stereocenters. The third kappa shape index (κ3) is 2.51. The molecule has 0 spiro atoms. The van der Waals surface area contributed by atoms with Gasteiger partial charge in [-0.2, -0.15) is 0 Å². The van der Waals surface area contributed by atoms with Crippen LogP contribution in [0.15, 0.2) is 6.20 Å². The lowest BCUT2D eigenvalue weighted by atomic mass is 10.0. The van der Waals surface area contributed by atoms with Crippen molar-refractivity contribution in [3.05, 3.63) is 17.7 Å². The Labute approximate surface area is 103 Å². The van der Waals surface area contributed by atoms with Gasteiger partial charge in [-0.1, -0.05) is 13.3 Å². The van der Waals surface area contributed by atoms with Crippen LogP contribution in [0.25, 0.3) is 0 Å². The molecule has 2 heterocycles. The largest absolute Gasteiger partial charge is 0.324 e. The van der Waals surface area contributed by atoms with E-state index in [0.29, 0.717) is 12.6 Å². The standard InChI is InChI=1S/C13H21N3O/c1-4-5-12-6-13(17)15(8-12)9-16-10(2)7-14-11(16)3/h7,12H,4-6,8-9H2,1-3H3. The number of aromatic nitrogens is 2. The number of aryl methyl sites for hydroxylation is 2. The lowest BCUT2D eigenvalue weighted by Gasteiger charge is -2.19.